The van der Waals surface area contributed by atoms with Crippen LogP contribution in [0.25, 0.3) is 0 Å². The predicted molar refractivity (Wildman–Crippen MR) is 103 cm³/mol. The van der Waals surface area contributed by atoms with Crippen LogP contribution in [0.2, 0.25) is 0 Å². The minimum Gasteiger partial charge on any atom is -0.373 e. The summed E-state index contributed by atoms with van der Waals surface area (Å²) in [6.07, 6.45) is 3.84. The summed E-state index contributed by atoms with van der Waals surface area (Å²) < 4.78 is 5.82. The third-order valence-corrected chi connectivity index (χ3v) is 5.25. The Hall–Kier alpha value is -2.08. The van der Waals surface area contributed by atoms with Gasteiger partial charge in [-0.1, -0.05) is 24.3 Å². The molecule has 0 aliphatic carbocycles. The van der Waals surface area contributed by atoms with E-state index in [1.807, 2.05) is 17.0 Å². The van der Waals surface area contributed by atoms with Crippen molar-refractivity contribution in [3.05, 3.63) is 35.4 Å². The van der Waals surface area contributed by atoms with Gasteiger partial charge in [0.15, 0.2) is 5.96 Å². The zero-order valence-electron chi connectivity index (χ0n) is 15.9. The smallest absolute Gasteiger partial charge is 0.222 e. The van der Waals surface area contributed by atoms with E-state index < -0.39 is 0 Å². The summed E-state index contributed by atoms with van der Waals surface area (Å²) in [6.45, 7) is 5.96. The molecule has 2 aliphatic heterocycles. The van der Waals surface area contributed by atoms with Gasteiger partial charge in [-0.05, 0) is 37.3 Å². The number of guanidine groups is 1. The highest BCUT2D eigenvalue weighted by molar-refractivity contribution is 5.80. The second-order valence-corrected chi connectivity index (χ2v) is 7.37. The van der Waals surface area contributed by atoms with Gasteiger partial charge in [0.25, 0.3) is 0 Å². The lowest BCUT2D eigenvalue weighted by atomic mass is 10.0. The molecule has 0 saturated carbocycles. The number of aliphatic imine (C=N–C) groups is 1. The molecule has 0 aromatic heterocycles. The molecule has 1 aromatic rings. The second kappa shape index (κ2) is 8.54. The first-order chi connectivity index (χ1) is 12.6. The van der Waals surface area contributed by atoms with Crippen LogP contribution in [-0.2, 0) is 22.6 Å². The van der Waals surface area contributed by atoms with E-state index in [1.165, 1.54) is 11.1 Å². The highest BCUT2D eigenvalue weighted by Crippen LogP contribution is 2.23. The van der Waals surface area contributed by atoms with E-state index in [-0.39, 0.29) is 11.5 Å². The number of hydrogen-bond donors (Lipinski definition) is 2. The van der Waals surface area contributed by atoms with E-state index in [1.54, 1.807) is 7.05 Å². The standard InChI is InChI=1S/C20H30N4O2/c1-20(10-6-12-26-20)15-23-19(21-2)22-13-16-7-3-4-8-17(16)14-24-11-5-9-18(24)25/h3-4,7-8H,5-6,9-15H2,1-2H3,(H2,21,22,23). The van der Waals surface area contributed by atoms with Crippen molar-refractivity contribution in [2.45, 2.75) is 51.3 Å². The van der Waals surface area contributed by atoms with Gasteiger partial charge in [0.05, 0.1) is 5.60 Å². The molecule has 1 atom stereocenters. The second-order valence-electron chi connectivity index (χ2n) is 7.37. The molecule has 1 unspecified atom stereocenters. The Labute approximate surface area is 156 Å². The van der Waals surface area contributed by atoms with E-state index >= 15 is 0 Å². The fourth-order valence-corrected chi connectivity index (χ4v) is 3.61. The summed E-state index contributed by atoms with van der Waals surface area (Å²) in [5.41, 5.74) is 2.28. The number of ether oxygens (including phenoxy) is 1. The third-order valence-electron chi connectivity index (χ3n) is 5.25. The Bertz CT molecular complexity index is 653. The molecule has 0 radical (unpaired) electrons. The predicted octanol–water partition coefficient (Wildman–Crippen LogP) is 2.04. The van der Waals surface area contributed by atoms with Crippen LogP contribution in [0.3, 0.4) is 0 Å². The number of carbonyl (C=O) groups excluding carboxylic acids is 1. The van der Waals surface area contributed by atoms with Gasteiger partial charge >= 0.3 is 0 Å². The zero-order chi connectivity index (χ0) is 18.4. The summed E-state index contributed by atoms with van der Waals surface area (Å²) in [5.74, 6) is 1.03. The van der Waals surface area contributed by atoms with Crippen LogP contribution in [0.15, 0.2) is 29.3 Å². The van der Waals surface area contributed by atoms with Crippen molar-refractivity contribution >= 4 is 11.9 Å². The van der Waals surface area contributed by atoms with Gasteiger partial charge in [0.1, 0.15) is 0 Å². The number of rotatable bonds is 6. The molecule has 142 valence electrons. The first-order valence-corrected chi connectivity index (χ1v) is 9.53. The van der Waals surface area contributed by atoms with Crippen LogP contribution in [0, 0.1) is 0 Å². The van der Waals surface area contributed by atoms with Crippen LogP contribution in [0.1, 0.15) is 43.7 Å². The summed E-state index contributed by atoms with van der Waals surface area (Å²) in [6, 6.07) is 8.28. The van der Waals surface area contributed by atoms with Crippen LogP contribution in [-0.4, -0.2) is 49.1 Å². The average Bonchev–Trinajstić information content (AvgIpc) is 3.25. The van der Waals surface area contributed by atoms with Crippen molar-refractivity contribution in [3.63, 3.8) is 0 Å². The SMILES string of the molecule is CN=C(NCc1ccccc1CN1CCCC1=O)NCC1(C)CCCO1. The Kier molecular flexibility index (Phi) is 6.14. The number of nitrogens with zero attached hydrogens (tertiary/aromatic N) is 2. The Morgan fingerprint density at radius 3 is 2.73 bits per heavy atom. The fourth-order valence-electron chi connectivity index (χ4n) is 3.61. The highest BCUT2D eigenvalue weighted by atomic mass is 16.5. The number of amides is 1. The van der Waals surface area contributed by atoms with Crippen molar-refractivity contribution in [2.75, 3.05) is 26.7 Å². The number of hydrogen-bond acceptors (Lipinski definition) is 3. The largest absolute Gasteiger partial charge is 0.373 e. The lowest BCUT2D eigenvalue weighted by molar-refractivity contribution is -0.128. The minimum atomic E-state index is -0.106. The Morgan fingerprint density at radius 1 is 1.27 bits per heavy atom. The number of likely N-dealkylation sites (tertiary alicyclic amines) is 1. The molecular weight excluding hydrogens is 328 g/mol. The molecule has 3 rings (SSSR count). The average molecular weight is 358 g/mol. The summed E-state index contributed by atoms with van der Waals surface area (Å²) >= 11 is 0. The lowest BCUT2D eigenvalue weighted by Crippen LogP contribution is -2.45. The Morgan fingerprint density at radius 2 is 2.08 bits per heavy atom. The van der Waals surface area contributed by atoms with Crippen LogP contribution < -0.4 is 10.6 Å². The van der Waals surface area contributed by atoms with Crippen molar-refractivity contribution in [3.8, 4) is 0 Å². The molecule has 2 fully saturated rings. The first kappa shape index (κ1) is 18.7. The molecule has 2 heterocycles. The molecule has 1 aromatic carbocycles. The first-order valence-electron chi connectivity index (χ1n) is 9.53. The molecule has 0 bridgehead atoms. The molecule has 2 saturated heterocycles. The van der Waals surface area contributed by atoms with E-state index in [0.29, 0.717) is 19.5 Å². The van der Waals surface area contributed by atoms with Crippen LogP contribution >= 0.6 is 0 Å². The van der Waals surface area contributed by atoms with E-state index in [2.05, 4.69) is 34.7 Å². The van der Waals surface area contributed by atoms with Crippen LogP contribution in [0.5, 0.6) is 0 Å². The number of nitrogens with one attached hydrogen (secondary N) is 2. The van der Waals surface area contributed by atoms with E-state index in [9.17, 15) is 4.79 Å². The maximum absolute atomic E-state index is 11.9. The Balaban J connectivity index is 1.55. The van der Waals surface area contributed by atoms with Crippen molar-refractivity contribution in [1.29, 1.82) is 0 Å². The van der Waals surface area contributed by atoms with Crippen molar-refractivity contribution in [1.82, 2.24) is 15.5 Å². The maximum Gasteiger partial charge on any atom is 0.222 e. The molecular formula is C20H30N4O2. The normalized spacial score (nSPS) is 23.5. The molecule has 6 nitrogen and oxygen atoms in total. The number of carbonyl (C=O) groups is 1. The summed E-state index contributed by atoms with van der Waals surface area (Å²) in [4.78, 5) is 18.2. The van der Waals surface area contributed by atoms with Gasteiger partial charge in [-0.3, -0.25) is 9.79 Å². The van der Waals surface area contributed by atoms with Crippen molar-refractivity contribution in [2.24, 2.45) is 4.99 Å². The molecule has 26 heavy (non-hydrogen) atoms. The quantitative estimate of drug-likeness (QED) is 0.603. The molecule has 0 spiro atoms. The summed E-state index contributed by atoms with van der Waals surface area (Å²) in [7, 11) is 1.78. The van der Waals surface area contributed by atoms with Crippen molar-refractivity contribution < 1.29 is 9.53 Å². The van der Waals surface area contributed by atoms with Gasteiger partial charge < -0.3 is 20.3 Å². The van der Waals surface area contributed by atoms with Crippen LogP contribution in [0.4, 0.5) is 0 Å². The molecule has 2 aliphatic rings. The van der Waals surface area contributed by atoms with Gasteiger partial charge in [-0.2, -0.15) is 0 Å². The third kappa shape index (κ3) is 4.75. The summed E-state index contributed by atoms with van der Waals surface area (Å²) in [5, 5.41) is 6.75. The van der Waals surface area contributed by atoms with Gasteiger partial charge in [0, 0.05) is 46.3 Å². The minimum absolute atomic E-state index is 0.106. The lowest BCUT2D eigenvalue weighted by Gasteiger charge is -2.25. The van der Waals surface area contributed by atoms with E-state index in [4.69, 9.17) is 4.74 Å². The van der Waals surface area contributed by atoms with Gasteiger partial charge in [-0.15, -0.1) is 0 Å². The zero-order valence-corrected chi connectivity index (χ0v) is 15.9. The fraction of sp³-hybridized carbons (Fsp3) is 0.600. The molecule has 6 heteroatoms. The van der Waals surface area contributed by atoms with E-state index in [0.717, 1.165) is 44.9 Å². The number of benzene rings is 1. The maximum atomic E-state index is 11.9. The topological polar surface area (TPSA) is 66.0 Å². The monoisotopic (exact) mass is 358 g/mol. The highest BCUT2D eigenvalue weighted by Gasteiger charge is 2.29. The molecule has 1 amide bonds. The van der Waals surface area contributed by atoms with Gasteiger partial charge in [-0.25, -0.2) is 0 Å². The molecule has 2 N–H and O–H groups in total. The van der Waals surface area contributed by atoms with Gasteiger partial charge in [0.2, 0.25) is 5.91 Å².